The summed E-state index contributed by atoms with van der Waals surface area (Å²) in [6, 6.07) is 7.90. The van der Waals surface area contributed by atoms with Gasteiger partial charge in [-0.3, -0.25) is 4.84 Å². The van der Waals surface area contributed by atoms with Gasteiger partial charge in [-0.2, -0.15) is 5.48 Å². The van der Waals surface area contributed by atoms with E-state index in [1.54, 1.807) is 7.11 Å². The van der Waals surface area contributed by atoms with Crippen LogP contribution in [0.25, 0.3) is 11.0 Å². The van der Waals surface area contributed by atoms with Crippen molar-refractivity contribution in [2.75, 3.05) is 7.11 Å². The van der Waals surface area contributed by atoms with E-state index in [1.807, 2.05) is 24.3 Å². The van der Waals surface area contributed by atoms with Crippen molar-refractivity contribution in [2.24, 2.45) is 0 Å². The van der Waals surface area contributed by atoms with E-state index in [0.29, 0.717) is 12.6 Å². The van der Waals surface area contributed by atoms with Gasteiger partial charge >= 0.3 is 0 Å². The predicted octanol–water partition coefficient (Wildman–Crippen LogP) is 3.41. The lowest BCUT2D eigenvalue weighted by Crippen LogP contribution is -2.20. The molecule has 4 nitrogen and oxygen atoms in total. The van der Waals surface area contributed by atoms with E-state index in [0.717, 1.165) is 35.3 Å². The van der Waals surface area contributed by atoms with Gasteiger partial charge in [-0.05, 0) is 25.0 Å². The zero-order valence-electron chi connectivity index (χ0n) is 11.1. The van der Waals surface area contributed by atoms with Crippen LogP contribution in [0.4, 0.5) is 0 Å². The first-order chi connectivity index (χ1) is 9.36. The van der Waals surface area contributed by atoms with Gasteiger partial charge in [0, 0.05) is 5.39 Å². The SMILES string of the molecule is COc1cccc2cc(CNOC3CCCC3)oc12. The van der Waals surface area contributed by atoms with Gasteiger partial charge in [0.05, 0.1) is 19.8 Å². The number of benzene rings is 1. The zero-order valence-corrected chi connectivity index (χ0v) is 11.1. The molecule has 102 valence electrons. The molecule has 2 aromatic rings. The highest BCUT2D eigenvalue weighted by Gasteiger charge is 2.15. The quantitative estimate of drug-likeness (QED) is 0.838. The molecule has 1 aliphatic rings. The number of hydroxylamine groups is 1. The van der Waals surface area contributed by atoms with Crippen molar-refractivity contribution in [3.63, 3.8) is 0 Å². The van der Waals surface area contributed by atoms with Gasteiger partial charge in [0.2, 0.25) is 0 Å². The standard InChI is InChI=1S/C15H19NO3/c1-17-14-8-4-5-11-9-13(18-15(11)14)10-16-19-12-6-2-3-7-12/h4-5,8-9,12,16H,2-3,6-7,10H2,1H3. The Morgan fingerprint density at radius 3 is 2.95 bits per heavy atom. The monoisotopic (exact) mass is 261 g/mol. The molecule has 0 spiro atoms. The minimum Gasteiger partial charge on any atom is -0.493 e. The molecule has 3 rings (SSSR count). The van der Waals surface area contributed by atoms with E-state index >= 15 is 0 Å². The molecule has 0 aliphatic heterocycles. The second kappa shape index (κ2) is 5.63. The first-order valence-corrected chi connectivity index (χ1v) is 6.81. The molecule has 19 heavy (non-hydrogen) atoms. The molecule has 0 saturated heterocycles. The average Bonchev–Trinajstić information content (AvgIpc) is 3.06. The van der Waals surface area contributed by atoms with Crippen LogP contribution in [0, 0.1) is 0 Å². The number of hydrogen-bond donors (Lipinski definition) is 1. The molecule has 1 heterocycles. The van der Waals surface area contributed by atoms with Gasteiger partial charge in [-0.15, -0.1) is 0 Å². The molecule has 1 aromatic carbocycles. The Labute approximate surface area is 112 Å². The lowest BCUT2D eigenvalue weighted by atomic mass is 10.2. The molecule has 1 aromatic heterocycles. The van der Waals surface area contributed by atoms with Gasteiger partial charge < -0.3 is 9.15 Å². The van der Waals surface area contributed by atoms with Crippen molar-refractivity contribution in [2.45, 2.75) is 38.3 Å². The second-order valence-corrected chi connectivity index (χ2v) is 4.94. The summed E-state index contributed by atoms with van der Waals surface area (Å²) in [5, 5.41) is 1.05. The molecule has 0 amide bonds. The van der Waals surface area contributed by atoms with Crippen LogP contribution in [-0.4, -0.2) is 13.2 Å². The van der Waals surface area contributed by atoms with Crippen molar-refractivity contribution < 1.29 is 14.0 Å². The molecule has 1 fully saturated rings. The van der Waals surface area contributed by atoms with Gasteiger partial charge in [0.1, 0.15) is 5.76 Å². The van der Waals surface area contributed by atoms with E-state index in [1.165, 1.54) is 12.8 Å². The number of hydrogen-bond acceptors (Lipinski definition) is 4. The highest BCUT2D eigenvalue weighted by Crippen LogP contribution is 2.28. The Hall–Kier alpha value is -1.52. The first kappa shape index (κ1) is 12.5. The summed E-state index contributed by atoms with van der Waals surface area (Å²) in [5.74, 6) is 1.62. The smallest absolute Gasteiger partial charge is 0.176 e. The van der Waals surface area contributed by atoms with Crippen molar-refractivity contribution >= 4 is 11.0 Å². The van der Waals surface area contributed by atoms with Crippen molar-refractivity contribution in [3.05, 3.63) is 30.0 Å². The molecule has 1 aliphatic carbocycles. The highest BCUT2D eigenvalue weighted by molar-refractivity contribution is 5.83. The summed E-state index contributed by atoms with van der Waals surface area (Å²) >= 11 is 0. The lowest BCUT2D eigenvalue weighted by molar-refractivity contribution is -0.0266. The molecule has 0 atom stereocenters. The minimum atomic E-state index is 0.360. The van der Waals surface area contributed by atoms with Crippen molar-refractivity contribution in [3.8, 4) is 5.75 Å². The van der Waals surface area contributed by atoms with Gasteiger partial charge in [-0.1, -0.05) is 25.0 Å². The number of methoxy groups -OCH3 is 1. The summed E-state index contributed by atoms with van der Waals surface area (Å²) < 4.78 is 11.1. The number of furan rings is 1. The molecular weight excluding hydrogens is 242 g/mol. The third kappa shape index (κ3) is 2.74. The number of fused-ring (bicyclic) bond motifs is 1. The Morgan fingerprint density at radius 1 is 1.32 bits per heavy atom. The molecule has 1 saturated carbocycles. The molecule has 0 radical (unpaired) electrons. The highest BCUT2D eigenvalue weighted by atomic mass is 16.7. The van der Waals surface area contributed by atoms with E-state index in [9.17, 15) is 0 Å². The fourth-order valence-electron chi connectivity index (χ4n) is 2.57. The van der Waals surface area contributed by atoms with Gasteiger partial charge in [0.15, 0.2) is 11.3 Å². The summed E-state index contributed by atoms with van der Waals surface area (Å²) in [5.41, 5.74) is 3.80. The summed E-state index contributed by atoms with van der Waals surface area (Å²) in [7, 11) is 1.65. The van der Waals surface area contributed by atoms with E-state index in [2.05, 4.69) is 5.48 Å². The number of rotatable bonds is 5. The maximum Gasteiger partial charge on any atom is 0.176 e. The summed E-state index contributed by atoms with van der Waals surface area (Å²) in [4.78, 5) is 5.62. The second-order valence-electron chi connectivity index (χ2n) is 4.94. The third-order valence-corrected chi connectivity index (χ3v) is 3.58. The van der Waals surface area contributed by atoms with Crippen molar-refractivity contribution in [1.82, 2.24) is 5.48 Å². The third-order valence-electron chi connectivity index (χ3n) is 3.58. The maximum atomic E-state index is 5.79. The van der Waals surface area contributed by atoms with E-state index in [4.69, 9.17) is 14.0 Å². The molecule has 4 heteroatoms. The van der Waals surface area contributed by atoms with Crippen LogP contribution < -0.4 is 10.2 Å². The Bertz CT molecular complexity index is 543. The first-order valence-electron chi connectivity index (χ1n) is 6.81. The van der Waals surface area contributed by atoms with Crippen molar-refractivity contribution in [1.29, 1.82) is 0 Å². The fourth-order valence-corrected chi connectivity index (χ4v) is 2.57. The largest absolute Gasteiger partial charge is 0.493 e. The Kier molecular flexibility index (Phi) is 3.71. The number of nitrogens with one attached hydrogen (secondary N) is 1. The summed E-state index contributed by atoms with van der Waals surface area (Å²) in [6.07, 6.45) is 5.21. The topological polar surface area (TPSA) is 43.6 Å². The zero-order chi connectivity index (χ0) is 13.1. The van der Waals surface area contributed by atoms with Crippen LogP contribution >= 0.6 is 0 Å². The van der Waals surface area contributed by atoms with E-state index < -0.39 is 0 Å². The van der Waals surface area contributed by atoms with Gasteiger partial charge in [0.25, 0.3) is 0 Å². The normalized spacial score (nSPS) is 16.3. The van der Waals surface area contributed by atoms with Crippen LogP contribution in [0.15, 0.2) is 28.7 Å². The molecular formula is C15H19NO3. The maximum absolute atomic E-state index is 5.79. The predicted molar refractivity (Wildman–Crippen MR) is 72.9 cm³/mol. The average molecular weight is 261 g/mol. The van der Waals surface area contributed by atoms with Crippen LogP contribution in [0.1, 0.15) is 31.4 Å². The molecule has 1 N–H and O–H groups in total. The molecule has 0 unspecified atom stereocenters. The molecule has 0 bridgehead atoms. The Balaban J connectivity index is 1.64. The van der Waals surface area contributed by atoms with E-state index in [-0.39, 0.29) is 0 Å². The minimum absolute atomic E-state index is 0.360. The number of para-hydroxylation sites is 1. The van der Waals surface area contributed by atoms with Crippen LogP contribution in [-0.2, 0) is 11.4 Å². The van der Waals surface area contributed by atoms with Gasteiger partial charge in [-0.25, -0.2) is 0 Å². The summed E-state index contributed by atoms with van der Waals surface area (Å²) in [6.45, 7) is 0.578. The Morgan fingerprint density at radius 2 is 2.16 bits per heavy atom. The van der Waals surface area contributed by atoms with Crippen LogP contribution in [0.3, 0.4) is 0 Å². The van der Waals surface area contributed by atoms with Crippen LogP contribution in [0.2, 0.25) is 0 Å². The van der Waals surface area contributed by atoms with Crippen LogP contribution in [0.5, 0.6) is 5.75 Å². The fraction of sp³-hybridized carbons (Fsp3) is 0.467. The lowest BCUT2D eigenvalue weighted by Gasteiger charge is -2.10. The number of ether oxygens (including phenoxy) is 1.